The summed E-state index contributed by atoms with van der Waals surface area (Å²) in [4.78, 5) is 53.4. The van der Waals surface area contributed by atoms with E-state index in [1.807, 2.05) is 42.5 Å². The van der Waals surface area contributed by atoms with Crippen molar-refractivity contribution < 1.29 is 47.7 Å². The Kier molecular flexibility index (Phi) is 7.69. The minimum atomic E-state index is -1.84. The maximum Gasteiger partial charge on any atom is 0.332 e. The van der Waals surface area contributed by atoms with Gasteiger partial charge in [0.1, 0.15) is 17.8 Å². The first-order chi connectivity index (χ1) is 17.6. The lowest BCUT2D eigenvalue weighted by atomic mass is 9.98. The lowest BCUT2D eigenvalue weighted by molar-refractivity contribution is -0.323. The van der Waals surface area contributed by atoms with Gasteiger partial charge in [0, 0.05) is 33.3 Å². The number of oxime groups is 1. The molecule has 3 unspecified atom stereocenters. The summed E-state index contributed by atoms with van der Waals surface area (Å²) < 4.78 is 27.7. The van der Waals surface area contributed by atoms with Crippen LogP contribution in [0.1, 0.15) is 33.3 Å². The highest BCUT2D eigenvalue weighted by Crippen LogP contribution is 2.48. The molecule has 1 saturated heterocycles. The Morgan fingerprint density at radius 2 is 1.51 bits per heavy atom. The maximum absolute atomic E-state index is 12.1. The highest BCUT2D eigenvalue weighted by molar-refractivity contribution is 8.15. The maximum atomic E-state index is 12.1. The van der Waals surface area contributed by atoms with E-state index in [0.29, 0.717) is 10.6 Å². The molecule has 12 heteroatoms. The Morgan fingerprint density at radius 1 is 0.865 bits per heavy atom. The van der Waals surface area contributed by atoms with E-state index >= 15 is 0 Å². The van der Waals surface area contributed by atoms with Crippen molar-refractivity contribution in [1.29, 1.82) is 0 Å². The molecule has 37 heavy (non-hydrogen) atoms. The van der Waals surface area contributed by atoms with E-state index in [1.54, 1.807) is 0 Å². The van der Waals surface area contributed by atoms with Gasteiger partial charge in [0.2, 0.25) is 6.10 Å². The fourth-order valence-electron chi connectivity index (χ4n) is 4.10. The molecule has 0 aliphatic carbocycles. The molecule has 196 valence electrons. The number of hydrogen-bond donors (Lipinski definition) is 0. The molecule has 2 aromatic rings. The molecule has 0 saturated carbocycles. The van der Waals surface area contributed by atoms with Gasteiger partial charge < -0.3 is 28.5 Å². The van der Waals surface area contributed by atoms with Gasteiger partial charge in [0.05, 0.1) is 0 Å². The van der Waals surface area contributed by atoms with Gasteiger partial charge in [-0.15, -0.1) is 0 Å². The van der Waals surface area contributed by atoms with Gasteiger partial charge in [-0.3, -0.25) is 19.2 Å². The minimum absolute atomic E-state index is 0.366. The van der Waals surface area contributed by atoms with Gasteiger partial charge in [-0.25, -0.2) is 0 Å². The predicted octanol–water partition coefficient (Wildman–Crippen LogP) is 2.68. The molecule has 0 N–H and O–H groups in total. The normalized spacial score (nSPS) is 26.6. The lowest BCUT2D eigenvalue weighted by Gasteiger charge is -2.47. The first-order valence-electron chi connectivity index (χ1n) is 11.3. The Bertz CT molecular complexity index is 1260. The van der Waals surface area contributed by atoms with Gasteiger partial charge in [-0.05, 0) is 28.6 Å². The molecule has 2 aromatic carbocycles. The van der Waals surface area contributed by atoms with Gasteiger partial charge in [-0.1, -0.05) is 41.6 Å². The summed E-state index contributed by atoms with van der Waals surface area (Å²) in [5.41, 5.74) is 0.702. The molecular formula is C25H25NO10S. The number of nitrogens with zero attached hydrogens (tertiary/aromatic N) is 1. The largest absolute Gasteiger partial charge is 0.463 e. The molecule has 2 heterocycles. The number of carbonyl (C=O) groups excluding carboxylic acids is 4. The van der Waals surface area contributed by atoms with Crippen LogP contribution in [0, 0.1) is 0 Å². The Morgan fingerprint density at radius 3 is 2.16 bits per heavy atom. The molecule has 5 atom stereocenters. The van der Waals surface area contributed by atoms with Crippen LogP contribution in [0.2, 0.25) is 0 Å². The highest BCUT2D eigenvalue weighted by Gasteiger charge is 2.65. The van der Waals surface area contributed by atoms with Crippen LogP contribution in [0.5, 0.6) is 0 Å². The van der Waals surface area contributed by atoms with Crippen molar-refractivity contribution in [3.05, 3.63) is 48.0 Å². The number of hydrogen-bond acceptors (Lipinski definition) is 12. The number of carbonyl (C=O) groups is 4. The van der Waals surface area contributed by atoms with Crippen molar-refractivity contribution in [1.82, 2.24) is 0 Å². The standard InChI is InChI=1S/C25H25NO10S/c1-13(27)31-12-20-21(32-14(2)28)22(33-15(3)29)23(34-16(4)30)25(35-20)36-26-24(37-25)19-10-9-17-7-5-6-8-18(17)11-19/h5-11,20-23H,12H2,1-4H3/t20?,21-,22?,23?,25+/m1/s1. The zero-order valence-corrected chi connectivity index (χ0v) is 21.3. The van der Waals surface area contributed by atoms with Crippen molar-refractivity contribution in [2.45, 2.75) is 57.2 Å². The molecule has 2 aliphatic rings. The van der Waals surface area contributed by atoms with Crippen LogP contribution in [0.15, 0.2) is 47.6 Å². The van der Waals surface area contributed by atoms with E-state index in [-0.39, 0.29) is 6.61 Å². The van der Waals surface area contributed by atoms with Gasteiger partial charge in [0.15, 0.2) is 12.2 Å². The monoisotopic (exact) mass is 531 g/mol. The lowest BCUT2D eigenvalue weighted by Crippen LogP contribution is -2.67. The average molecular weight is 532 g/mol. The summed E-state index contributed by atoms with van der Waals surface area (Å²) in [6.07, 6.45) is -5.20. The summed E-state index contributed by atoms with van der Waals surface area (Å²) >= 11 is 0.992. The third-order valence-corrected chi connectivity index (χ3v) is 6.68. The Balaban J connectivity index is 1.73. The third-order valence-electron chi connectivity index (χ3n) is 5.49. The van der Waals surface area contributed by atoms with Crippen LogP contribution in [-0.2, 0) is 47.7 Å². The second kappa shape index (κ2) is 10.8. The number of esters is 4. The summed E-state index contributed by atoms with van der Waals surface area (Å²) in [6.45, 7) is 4.30. The topological polar surface area (TPSA) is 136 Å². The molecule has 0 bridgehead atoms. The van der Waals surface area contributed by atoms with Crippen LogP contribution >= 0.6 is 11.8 Å². The summed E-state index contributed by atoms with van der Waals surface area (Å²) in [5, 5.41) is 4.74. The van der Waals surface area contributed by atoms with Crippen molar-refractivity contribution in [2.24, 2.45) is 5.16 Å². The molecule has 11 nitrogen and oxygen atoms in total. The summed E-state index contributed by atoms with van der Waals surface area (Å²) in [6, 6.07) is 13.4. The predicted molar refractivity (Wildman–Crippen MR) is 130 cm³/mol. The number of rotatable bonds is 6. The number of thioether (sulfide) groups is 1. The van der Waals surface area contributed by atoms with Gasteiger partial charge >= 0.3 is 29.0 Å². The van der Waals surface area contributed by atoms with Crippen LogP contribution in [-0.4, -0.2) is 65.1 Å². The molecular weight excluding hydrogens is 506 g/mol. The number of ether oxygens (including phenoxy) is 5. The summed E-state index contributed by atoms with van der Waals surface area (Å²) in [7, 11) is 0. The first kappa shape index (κ1) is 26.4. The molecule has 1 spiro atoms. The third kappa shape index (κ3) is 5.86. The Labute approximate surface area is 216 Å². The van der Waals surface area contributed by atoms with Crippen LogP contribution in [0.3, 0.4) is 0 Å². The first-order valence-corrected chi connectivity index (χ1v) is 12.2. The molecule has 2 aliphatic heterocycles. The Hall–Kier alpha value is -3.64. The second-order valence-electron chi connectivity index (χ2n) is 8.39. The smallest absolute Gasteiger partial charge is 0.332 e. The fraction of sp³-hybridized carbons (Fsp3) is 0.400. The fourth-order valence-corrected chi connectivity index (χ4v) is 5.23. The zero-order chi connectivity index (χ0) is 26.7. The van der Waals surface area contributed by atoms with Gasteiger partial charge in [0.25, 0.3) is 0 Å². The summed E-state index contributed by atoms with van der Waals surface area (Å²) in [5.74, 6) is -2.79. The van der Waals surface area contributed by atoms with Crippen LogP contribution < -0.4 is 0 Å². The quantitative estimate of drug-likeness (QED) is 0.402. The van der Waals surface area contributed by atoms with Crippen LogP contribution in [0.25, 0.3) is 10.8 Å². The minimum Gasteiger partial charge on any atom is -0.463 e. The average Bonchev–Trinajstić information content (AvgIpc) is 3.25. The SMILES string of the molecule is CC(=O)OCC1O[C@]2(ON=C(c3ccc4ccccc4c3)S2)C(OC(C)=O)C(OC(C)=O)[C@@H]1OC(C)=O. The highest BCUT2D eigenvalue weighted by atomic mass is 32.2. The second-order valence-corrected chi connectivity index (χ2v) is 9.55. The van der Waals surface area contributed by atoms with E-state index in [1.165, 1.54) is 6.92 Å². The van der Waals surface area contributed by atoms with E-state index in [4.69, 9.17) is 28.5 Å². The van der Waals surface area contributed by atoms with E-state index < -0.39 is 53.4 Å². The van der Waals surface area contributed by atoms with Crippen molar-refractivity contribution in [3.8, 4) is 0 Å². The van der Waals surface area contributed by atoms with Crippen LogP contribution in [0.4, 0.5) is 0 Å². The van der Waals surface area contributed by atoms with Gasteiger partial charge in [-0.2, -0.15) is 0 Å². The van der Waals surface area contributed by atoms with Crippen molar-refractivity contribution in [3.63, 3.8) is 0 Å². The molecule has 0 aromatic heterocycles. The number of benzene rings is 2. The molecule has 4 rings (SSSR count). The molecule has 0 radical (unpaired) electrons. The number of fused-ring (bicyclic) bond motifs is 1. The van der Waals surface area contributed by atoms with E-state index in [0.717, 1.165) is 43.3 Å². The van der Waals surface area contributed by atoms with E-state index in [9.17, 15) is 19.2 Å². The van der Waals surface area contributed by atoms with Crippen molar-refractivity contribution in [2.75, 3.05) is 6.61 Å². The van der Waals surface area contributed by atoms with Crippen molar-refractivity contribution >= 4 is 51.5 Å². The zero-order valence-electron chi connectivity index (χ0n) is 20.5. The van der Waals surface area contributed by atoms with E-state index in [2.05, 4.69) is 5.16 Å². The molecule has 1 fully saturated rings. The molecule has 0 amide bonds.